The van der Waals surface area contributed by atoms with Crippen molar-refractivity contribution in [3.8, 4) is 5.75 Å². The van der Waals surface area contributed by atoms with Crippen LogP contribution in [0.5, 0.6) is 5.75 Å². The van der Waals surface area contributed by atoms with E-state index in [9.17, 15) is 19.2 Å². The van der Waals surface area contributed by atoms with Crippen molar-refractivity contribution < 1.29 is 28.7 Å². The molecule has 0 bridgehead atoms. The van der Waals surface area contributed by atoms with Crippen molar-refractivity contribution in [3.05, 3.63) is 63.6 Å². The largest absolute Gasteiger partial charge is 0.598 e. The number of piperidine rings is 1. The number of carbonyl (C=O) groups excluding carboxylic acids is 2. The standard InChI is InChI=1S/C28H34Cl2N2O6S/c1-28(2,3)39(36)31-24(19-15-20(29)21(30)16-22(19)33)17-9-12-32(13-10-17)26(34)25-23(11-14-37-25)38-27(35)18-7-5-4-6-8-18/h4-8,15-17,23-25,31,33H,9-14H2,1-3H3/t23-,24?,25+,39-/m0/s1. The van der Waals surface area contributed by atoms with Gasteiger partial charge in [-0.25, -0.2) is 4.79 Å². The van der Waals surface area contributed by atoms with E-state index in [0.717, 1.165) is 0 Å². The number of benzene rings is 2. The molecule has 2 heterocycles. The normalized spacial score (nSPS) is 21.9. The van der Waals surface area contributed by atoms with E-state index in [1.54, 1.807) is 35.2 Å². The predicted octanol–water partition coefficient (Wildman–Crippen LogP) is 5.05. The molecular weight excluding hydrogens is 563 g/mol. The summed E-state index contributed by atoms with van der Waals surface area (Å²) in [6.45, 7) is 6.81. The number of aromatic hydroxyl groups is 1. The fourth-order valence-electron chi connectivity index (χ4n) is 4.84. The zero-order valence-corrected chi connectivity index (χ0v) is 24.5. The summed E-state index contributed by atoms with van der Waals surface area (Å²) in [6, 6.07) is 11.2. The lowest BCUT2D eigenvalue weighted by atomic mass is 9.85. The number of nitrogens with one attached hydrogen (secondary N) is 1. The summed E-state index contributed by atoms with van der Waals surface area (Å²) in [5, 5.41) is 11.2. The summed E-state index contributed by atoms with van der Waals surface area (Å²) < 4.78 is 27.1. The number of halogens is 2. The van der Waals surface area contributed by atoms with Crippen LogP contribution in [0.1, 0.15) is 62.0 Å². The molecule has 2 fully saturated rings. The van der Waals surface area contributed by atoms with E-state index < -0.39 is 40.3 Å². The molecule has 1 unspecified atom stereocenters. The van der Waals surface area contributed by atoms with Crippen molar-refractivity contribution in [1.29, 1.82) is 0 Å². The highest BCUT2D eigenvalue weighted by Crippen LogP contribution is 2.40. The first-order valence-corrected chi connectivity index (χ1v) is 14.9. The Bertz CT molecular complexity index is 1170. The molecule has 0 spiro atoms. The number of carbonyl (C=O) groups is 2. The number of hydrogen-bond acceptors (Lipinski definition) is 7. The maximum absolute atomic E-state index is 13.4. The Balaban J connectivity index is 1.44. The molecule has 4 rings (SSSR count). The Morgan fingerprint density at radius 2 is 1.77 bits per heavy atom. The first-order chi connectivity index (χ1) is 18.5. The maximum atomic E-state index is 13.4. The minimum atomic E-state index is -1.42. The van der Waals surface area contributed by atoms with Crippen LogP contribution in [0.25, 0.3) is 0 Å². The van der Waals surface area contributed by atoms with Gasteiger partial charge in [0, 0.05) is 42.5 Å². The highest BCUT2D eigenvalue weighted by molar-refractivity contribution is 7.90. The molecule has 212 valence electrons. The van der Waals surface area contributed by atoms with Gasteiger partial charge in [-0.1, -0.05) is 41.4 Å². The highest BCUT2D eigenvalue weighted by atomic mass is 35.5. The van der Waals surface area contributed by atoms with Gasteiger partial charge in [0.2, 0.25) is 0 Å². The Morgan fingerprint density at radius 3 is 2.41 bits per heavy atom. The van der Waals surface area contributed by atoms with Crippen molar-refractivity contribution in [1.82, 2.24) is 9.62 Å². The number of nitrogens with zero attached hydrogens (tertiary/aromatic N) is 1. The maximum Gasteiger partial charge on any atom is 0.338 e. The summed E-state index contributed by atoms with van der Waals surface area (Å²) in [4.78, 5) is 27.7. The summed E-state index contributed by atoms with van der Waals surface area (Å²) in [5.41, 5.74) is 0.937. The molecule has 2 aromatic carbocycles. The van der Waals surface area contributed by atoms with Gasteiger partial charge in [-0.05, 0) is 57.7 Å². The van der Waals surface area contributed by atoms with Crippen LogP contribution in [0.4, 0.5) is 0 Å². The van der Waals surface area contributed by atoms with Gasteiger partial charge in [-0.3, -0.25) is 4.79 Å². The van der Waals surface area contributed by atoms with E-state index in [2.05, 4.69) is 4.72 Å². The molecule has 0 saturated carbocycles. The first kappa shape index (κ1) is 30.0. The van der Waals surface area contributed by atoms with E-state index in [1.807, 2.05) is 26.8 Å². The van der Waals surface area contributed by atoms with E-state index in [1.165, 1.54) is 6.07 Å². The van der Waals surface area contributed by atoms with Crippen molar-refractivity contribution in [3.63, 3.8) is 0 Å². The second-order valence-electron chi connectivity index (χ2n) is 10.9. The number of phenolic OH excluding ortho intramolecular Hbond substituents is 1. The lowest BCUT2D eigenvalue weighted by Gasteiger charge is -2.38. The third-order valence-corrected chi connectivity index (χ3v) is 9.37. The highest BCUT2D eigenvalue weighted by Gasteiger charge is 2.42. The van der Waals surface area contributed by atoms with Crippen molar-refractivity contribution >= 4 is 46.4 Å². The zero-order chi connectivity index (χ0) is 28.3. The molecule has 0 radical (unpaired) electrons. The number of ether oxygens (including phenoxy) is 2. The van der Waals surface area contributed by atoms with Crippen LogP contribution < -0.4 is 4.72 Å². The molecule has 2 N–H and O–H groups in total. The molecule has 0 aliphatic carbocycles. The molecule has 11 heteroatoms. The van der Waals surface area contributed by atoms with Crippen LogP contribution >= 0.6 is 23.2 Å². The smallest absolute Gasteiger partial charge is 0.338 e. The summed E-state index contributed by atoms with van der Waals surface area (Å²) >= 11 is 10.9. The Labute approximate surface area is 242 Å². The summed E-state index contributed by atoms with van der Waals surface area (Å²) in [6.07, 6.45) is 0.125. The monoisotopic (exact) mass is 596 g/mol. The molecule has 8 nitrogen and oxygen atoms in total. The molecule has 0 aromatic heterocycles. The fourth-order valence-corrected chi connectivity index (χ4v) is 6.07. The van der Waals surface area contributed by atoms with E-state index in [-0.39, 0.29) is 22.6 Å². The average Bonchev–Trinajstić information content (AvgIpc) is 3.37. The van der Waals surface area contributed by atoms with Crippen molar-refractivity contribution in [2.75, 3.05) is 19.7 Å². The second kappa shape index (κ2) is 12.7. The summed E-state index contributed by atoms with van der Waals surface area (Å²) in [5.74, 6) is -0.768. The number of phenols is 1. The minimum absolute atomic E-state index is 0.0336. The summed E-state index contributed by atoms with van der Waals surface area (Å²) in [7, 11) is 0. The molecule has 39 heavy (non-hydrogen) atoms. The number of likely N-dealkylation sites (tertiary alicyclic amines) is 1. The van der Waals surface area contributed by atoms with Crippen LogP contribution in [-0.2, 0) is 25.6 Å². The van der Waals surface area contributed by atoms with Crippen LogP contribution in [-0.4, -0.2) is 63.1 Å². The van der Waals surface area contributed by atoms with Crippen LogP contribution in [0.15, 0.2) is 42.5 Å². The molecule has 2 aromatic rings. The fraction of sp³-hybridized carbons (Fsp3) is 0.500. The Morgan fingerprint density at radius 1 is 1.13 bits per heavy atom. The molecule has 1 amide bonds. The SMILES string of the molecule is CC(C)(C)[S@+]([O-])NC(c1cc(Cl)c(Cl)cc1O)C1CCN(C(=O)[C@@H]2OCC[C@@H]2OC(=O)c2ccccc2)CC1. The van der Waals surface area contributed by atoms with E-state index in [0.29, 0.717) is 55.1 Å². The molecule has 4 atom stereocenters. The Hall–Kier alpha value is -2.01. The molecule has 2 aliphatic rings. The van der Waals surface area contributed by atoms with Gasteiger partial charge in [0.1, 0.15) is 16.6 Å². The first-order valence-electron chi connectivity index (χ1n) is 13.0. The molecule has 2 aliphatic heterocycles. The third kappa shape index (κ3) is 7.20. The predicted molar refractivity (Wildman–Crippen MR) is 151 cm³/mol. The van der Waals surface area contributed by atoms with E-state index in [4.69, 9.17) is 32.7 Å². The second-order valence-corrected chi connectivity index (χ2v) is 13.7. The van der Waals surface area contributed by atoms with Crippen LogP contribution in [0.2, 0.25) is 10.0 Å². The number of hydrogen-bond donors (Lipinski definition) is 2. The lowest BCUT2D eigenvalue weighted by molar-refractivity contribution is -0.146. The van der Waals surface area contributed by atoms with Gasteiger partial charge < -0.3 is 24.0 Å². The zero-order valence-electron chi connectivity index (χ0n) is 22.2. The Kier molecular flexibility index (Phi) is 9.73. The van der Waals surface area contributed by atoms with Gasteiger partial charge in [0.25, 0.3) is 5.91 Å². The molecule has 2 saturated heterocycles. The average molecular weight is 598 g/mol. The third-order valence-electron chi connectivity index (χ3n) is 7.07. The minimum Gasteiger partial charge on any atom is -0.598 e. The number of rotatable bonds is 7. The number of esters is 1. The lowest BCUT2D eigenvalue weighted by Crippen LogP contribution is -2.50. The van der Waals surface area contributed by atoms with Crippen LogP contribution in [0.3, 0.4) is 0 Å². The molecular formula is C28H34Cl2N2O6S. The van der Waals surface area contributed by atoms with Crippen molar-refractivity contribution in [2.24, 2.45) is 5.92 Å². The van der Waals surface area contributed by atoms with Gasteiger partial charge >= 0.3 is 5.97 Å². The van der Waals surface area contributed by atoms with Gasteiger partial charge in [-0.2, -0.15) is 0 Å². The van der Waals surface area contributed by atoms with Crippen LogP contribution in [0, 0.1) is 5.92 Å². The van der Waals surface area contributed by atoms with Gasteiger partial charge in [0.05, 0.1) is 28.3 Å². The van der Waals surface area contributed by atoms with E-state index >= 15 is 0 Å². The van der Waals surface area contributed by atoms with Crippen molar-refractivity contribution in [2.45, 2.75) is 63.0 Å². The van der Waals surface area contributed by atoms with Gasteiger partial charge in [0.15, 0.2) is 6.10 Å². The number of amides is 1. The van der Waals surface area contributed by atoms with Gasteiger partial charge in [-0.15, -0.1) is 4.72 Å². The topological polar surface area (TPSA) is 111 Å². The quantitative estimate of drug-likeness (QED) is 0.340.